The van der Waals surface area contributed by atoms with E-state index in [1.165, 1.54) is 6.08 Å². The van der Waals surface area contributed by atoms with Crippen molar-refractivity contribution in [2.75, 3.05) is 0 Å². The Morgan fingerprint density at radius 3 is 2.81 bits per heavy atom. The van der Waals surface area contributed by atoms with Gasteiger partial charge in [0, 0.05) is 16.1 Å². The van der Waals surface area contributed by atoms with Crippen molar-refractivity contribution in [3.63, 3.8) is 0 Å². The molecule has 0 radical (unpaired) electrons. The van der Waals surface area contributed by atoms with Crippen molar-refractivity contribution >= 4 is 39.6 Å². The molecular weight excluding hydrogens is 356 g/mol. The fourth-order valence-corrected chi connectivity index (χ4v) is 2.28. The van der Waals surface area contributed by atoms with Gasteiger partial charge >= 0.3 is 5.97 Å². The van der Waals surface area contributed by atoms with Crippen molar-refractivity contribution in [1.29, 1.82) is 0 Å². The lowest BCUT2D eigenvalue weighted by Crippen LogP contribution is -1.92. The summed E-state index contributed by atoms with van der Waals surface area (Å²) < 4.78 is 6.76. The number of aryl methyl sites for hydroxylation is 1. The van der Waals surface area contributed by atoms with Gasteiger partial charge in [-0.3, -0.25) is 0 Å². The van der Waals surface area contributed by atoms with Gasteiger partial charge in [-0.15, -0.1) is 0 Å². The average molecular weight is 368 g/mol. The Morgan fingerprint density at radius 2 is 2.10 bits per heavy atom. The van der Waals surface area contributed by atoms with E-state index in [2.05, 4.69) is 15.9 Å². The van der Waals surface area contributed by atoms with Gasteiger partial charge in [-0.25, -0.2) is 4.79 Å². The van der Waals surface area contributed by atoms with Gasteiger partial charge in [-0.2, -0.15) is 0 Å². The number of hydrogen-bond donors (Lipinski definition) is 1. The molecule has 0 bridgehead atoms. The predicted molar refractivity (Wildman–Crippen MR) is 87.1 cm³/mol. The number of carboxylic acid groups (broad SMARTS) is 1. The van der Waals surface area contributed by atoms with Crippen LogP contribution in [0.1, 0.15) is 11.1 Å². The first kappa shape index (κ1) is 15.6. The standard InChI is InChI=1S/C16H12BrClO3/c1-10-5-7-12(17)9-14(10)21-16-11(6-8-15(19)20)3-2-4-13(16)18/h2-9H,1H3,(H,19,20)/b8-6+. The quantitative estimate of drug-likeness (QED) is 0.746. The van der Waals surface area contributed by atoms with Crippen LogP contribution in [0.15, 0.2) is 46.9 Å². The van der Waals surface area contributed by atoms with Crippen molar-refractivity contribution < 1.29 is 14.6 Å². The zero-order chi connectivity index (χ0) is 15.4. The molecule has 0 fully saturated rings. The van der Waals surface area contributed by atoms with Crippen molar-refractivity contribution in [3.05, 3.63) is 63.1 Å². The van der Waals surface area contributed by atoms with E-state index in [1.54, 1.807) is 18.2 Å². The van der Waals surface area contributed by atoms with Crippen molar-refractivity contribution in [1.82, 2.24) is 0 Å². The monoisotopic (exact) mass is 366 g/mol. The zero-order valence-electron chi connectivity index (χ0n) is 11.1. The summed E-state index contributed by atoms with van der Waals surface area (Å²) in [6.07, 6.45) is 2.50. The molecule has 0 heterocycles. The van der Waals surface area contributed by atoms with E-state index in [4.69, 9.17) is 21.4 Å². The zero-order valence-corrected chi connectivity index (χ0v) is 13.5. The first-order valence-electron chi connectivity index (χ1n) is 6.11. The van der Waals surface area contributed by atoms with Crippen LogP contribution in [-0.4, -0.2) is 11.1 Å². The number of rotatable bonds is 4. The summed E-state index contributed by atoms with van der Waals surface area (Å²) in [6, 6.07) is 10.9. The molecule has 2 rings (SSSR count). The van der Waals surface area contributed by atoms with E-state index >= 15 is 0 Å². The molecular formula is C16H12BrClO3. The number of hydrogen-bond acceptors (Lipinski definition) is 2. The van der Waals surface area contributed by atoms with E-state index in [-0.39, 0.29) is 0 Å². The molecule has 0 saturated carbocycles. The highest BCUT2D eigenvalue weighted by molar-refractivity contribution is 9.10. The van der Waals surface area contributed by atoms with Crippen LogP contribution in [0.5, 0.6) is 11.5 Å². The summed E-state index contributed by atoms with van der Waals surface area (Å²) >= 11 is 9.56. The van der Waals surface area contributed by atoms with Crippen molar-refractivity contribution in [2.24, 2.45) is 0 Å². The Balaban J connectivity index is 2.43. The molecule has 0 aliphatic heterocycles. The Morgan fingerprint density at radius 1 is 1.33 bits per heavy atom. The topological polar surface area (TPSA) is 46.5 Å². The Bertz CT molecular complexity index is 711. The highest BCUT2D eigenvalue weighted by Crippen LogP contribution is 2.36. The molecule has 3 nitrogen and oxygen atoms in total. The minimum atomic E-state index is -1.03. The molecule has 0 aliphatic rings. The molecule has 0 atom stereocenters. The molecule has 0 amide bonds. The lowest BCUT2D eigenvalue weighted by Gasteiger charge is -2.13. The van der Waals surface area contributed by atoms with Gasteiger partial charge in [0.15, 0.2) is 5.75 Å². The third-order valence-corrected chi connectivity index (χ3v) is 3.56. The predicted octanol–water partition coefficient (Wildman–Crippen LogP) is 5.30. The Hall–Kier alpha value is -1.78. The van der Waals surface area contributed by atoms with Gasteiger partial charge < -0.3 is 9.84 Å². The van der Waals surface area contributed by atoms with Gasteiger partial charge in [0.2, 0.25) is 0 Å². The van der Waals surface area contributed by atoms with Crippen LogP contribution in [0.4, 0.5) is 0 Å². The number of aliphatic carboxylic acids is 1. The highest BCUT2D eigenvalue weighted by Gasteiger charge is 2.10. The number of carbonyl (C=O) groups is 1. The molecule has 2 aromatic carbocycles. The lowest BCUT2D eigenvalue weighted by atomic mass is 10.1. The number of ether oxygens (including phenoxy) is 1. The van der Waals surface area contributed by atoms with Crippen LogP contribution in [-0.2, 0) is 4.79 Å². The number of benzene rings is 2. The summed E-state index contributed by atoms with van der Waals surface area (Å²) in [7, 11) is 0. The summed E-state index contributed by atoms with van der Waals surface area (Å²) in [5, 5.41) is 9.16. The lowest BCUT2D eigenvalue weighted by molar-refractivity contribution is -0.131. The van der Waals surface area contributed by atoms with E-state index in [0.717, 1.165) is 16.1 Å². The van der Waals surface area contributed by atoms with Gasteiger partial charge in [0.05, 0.1) is 5.02 Å². The van der Waals surface area contributed by atoms with Gasteiger partial charge in [0.25, 0.3) is 0 Å². The molecule has 0 unspecified atom stereocenters. The Labute approximate surface area is 135 Å². The third-order valence-electron chi connectivity index (χ3n) is 2.77. The van der Waals surface area contributed by atoms with Gasteiger partial charge in [-0.05, 0) is 36.8 Å². The van der Waals surface area contributed by atoms with Crippen LogP contribution in [0, 0.1) is 6.92 Å². The maximum Gasteiger partial charge on any atom is 0.328 e. The second kappa shape index (κ2) is 6.78. The van der Waals surface area contributed by atoms with Gasteiger partial charge in [0.1, 0.15) is 5.75 Å². The summed E-state index contributed by atoms with van der Waals surface area (Å²) in [5.74, 6) is 0.0554. The summed E-state index contributed by atoms with van der Waals surface area (Å²) in [4.78, 5) is 10.7. The second-order valence-corrected chi connectivity index (χ2v) is 5.66. The first-order chi connectivity index (χ1) is 9.97. The van der Waals surface area contributed by atoms with E-state index < -0.39 is 5.97 Å². The van der Waals surface area contributed by atoms with Crippen LogP contribution >= 0.6 is 27.5 Å². The highest BCUT2D eigenvalue weighted by atomic mass is 79.9. The first-order valence-corrected chi connectivity index (χ1v) is 7.28. The van der Waals surface area contributed by atoms with Crippen LogP contribution < -0.4 is 4.74 Å². The normalized spacial score (nSPS) is 10.8. The largest absolute Gasteiger partial charge is 0.478 e. The number of carboxylic acids is 1. The smallest absolute Gasteiger partial charge is 0.328 e. The number of halogens is 2. The SMILES string of the molecule is Cc1ccc(Br)cc1Oc1c(Cl)cccc1/C=C/C(=O)O. The minimum Gasteiger partial charge on any atom is -0.478 e. The average Bonchev–Trinajstić information content (AvgIpc) is 2.43. The van der Waals surface area contributed by atoms with Crippen LogP contribution in [0.3, 0.4) is 0 Å². The minimum absolute atomic E-state index is 0.418. The molecule has 0 aromatic heterocycles. The Kier molecular flexibility index (Phi) is 5.04. The molecule has 2 aromatic rings. The van der Waals surface area contributed by atoms with Crippen LogP contribution in [0.25, 0.3) is 6.08 Å². The fraction of sp³-hybridized carbons (Fsp3) is 0.0625. The molecule has 0 saturated heterocycles. The summed E-state index contributed by atoms with van der Waals surface area (Å²) in [5.41, 5.74) is 1.55. The van der Waals surface area contributed by atoms with E-state index in [0.29, 0.717) is 22.1 Å². The maximum atomic E-state index is 10.7. The molecule has 0 spiro atoms. The van der Waals surface area contributed by atoms with Crippen molar-refractivity contribution in [2.45, 2.75) is 6.92 Å². The molecule has 0 aliphatic carbocycles. The second-order valence-electron chi connectivity index (χ2n) is 4.34. The van der Waals surface area contributed by atoms with Gasteiger partial charge in [-0.1, -0.05) is 45.7 Å². The van der Waals surface area contributed by atoms with E-state index in [1.807, 2.05) is 25.1 Å². The molecule has 1 N–H and O–H groups in total. The van der Waals surface area contributed by atoms with Crippen molar-refractivity contribution in [3.8, 4) is 11.5 Å². The molecule has 5 heteroatoms. The number of para-hydroxylation sites is 1. The third kappa shape index (κ3) is 4.09. The molecule has 108 valence electrons. The fourth-order valence-electron chi connectivity index (χ4n) is 1.72. The van der Waals surface area contributed by atoms with Crippen LogP contribution in [0.2, 0.25) is 5.02 Å². The maximum absolute atomic E-state index is 10.7. The summed E-state index contributed by atoms with van der Waals surface area (Å²) in [6.45, 7) is 1.92. The van der Waals surface area contributed by atoms with E-state index in [9.17, 15) is 4.79 Å². The molecule has 21 heavy (non-hydrogen) atoms.